The van der Waals surface area contributed by atoms with Crippen LogP contribution in [0.2, 0.25) is 0 Å². The first-order valence-electron chi connectivity index (χ1n) is 12.1. The summed E-state index contributed by atoms with van der Waals surface area (Å²) in [6.45, 7) is 9.17. The fraction of sp³-hybridized carbons (Fsp3) is 0.407. The molecule has 186 valence electrons. The molecule has 2 aromatic carbocycles. The number of carbonyl (C=O) groups is 1. The Morgan fingerprint density at radius 3 is 2.40 bits per heavy atom. The predicted octanol–water partition coefficient (Wildman–Crippen LogP) is 4.25. The van der Waals surface area contributed by atoms with Crippen molar-refractivity contribution in [1.82, 2.24) is 20.1 Å². The van der Waals surface area contributed by atoms with Gasteiger partial charge in [-0.25, -0.2) is 9.37 Å². The van der Waals surface area contributed by atoms with Gasteiger partial charge in [-0.3, -0.25) is 14.6 Å². The van der Waals surface area contributed by atoms with Gasteiger partial charge in [0.2, 0.25) is 0 Å². The highest BCUT2D eigenvalue weighted by atomic mass is 32.1. The standard InChI is InChI=1S/C27H33FN4O2S/c1-21-3-5-22(6-4-21)17-32(18-23-7-9-24(28)10-8-23)19-26-30-25(20-35-26)27(33)29-11-2-12-31-13-15-34-16-14-31/h3-10,20H,2,11-19H2,1H3,(H,29,33). The van der Waals surface area contributed by atoms with Crippen molar-refractivity contribution >= 4 is 17.2 Å². The Morgan fingerprint density at radius 1 is 1.06 bits per heavy atom. The van der Waals surface area contributed by atoms with Gasteiger partial charge in [-0.05, 0) is 43.1 Å². The van der Waals surface area contributed by atoms with E-state index in [1.807, 2.05) is 17.5 Å². The number of hydrogen-bond acceptors (Lipinski definition) is 6. The number of aromatic nitrogens is 1. The van der Waals surface area contributed by atoms with Crippen molar-refractivity contribution in [1.29, 1.82) is 0 Å². The molecule has 0 atom stereocenters. The molecule has 8 heteroatoms. The van der Waals surface area contributed by atoms with E-state index in [2.05, 4.69) is 51.3 Å². The van der Waals surface area contributed by atoms with Crippen LogP contribution in [0.5, 0.6) is 0 Å². The number of benzene rings is 2. The summed E-state index contributed by atoms with van der Waals surface area (Å²) in [5.41, 5.74) is 3.92. The van der Waals surface area contributed by atoms with E-state index >= 15 is 0 Å². The predicted molar refractivity (Wildman–Crippen MR) is 137 cm³/mol. The van der Waals surface area contributed by atoms with Crippen molar-refractivity contribution < 1.29 is 13.9 Å². The second-order valence-corrected chi connectivity index (χ2v) is 9.89. The molecule has 1 aliphatic heterocycles. The summed E-state index contributed by atoms with van der Waals surface area (Å²) >= 11 is 1.50. The second-order valence-electron chi connectivity index (χ2n) is 8.95. The van der Waals surface area contributed by atoms with Gasteiger partial charge in [0, 0.05) is 38.1 Å². The van der Waals surface area contributed by atoms with Crippen LogP contribution < -0.4 is 5.32 Å². The molecule has 0 spiro atoms. The number of nitrogens with one attached hydrogen (secondary N) is 1. The molecular weight excluding hydrogens is 463 g/mol. The minimum atomic E-state index is -0.237. The largest absolute Gasteiger partial charge is 0.379 e. The highest BCUT2D eigenvalue weighted by Crippen LogP contribution is 2.18. The number of morpholine rings is 1. The molecule has 35 heavy (non-hydrogen) atoms. The van der Waals surface area contributed by atoms with Crippen molar-refractivity contribution in [2.24, 2.45) is 0 Å². The fourth-order valence-corrected chi connectivity index (χ4v) is 4.88. The van der Waals surface area contributed by atoms with E-state index in [9.17, 15) is 9.18 Å². The van der Waals surface area contributed by atoms with Crippen LogP contribution in [-0.4, -0.2) is 60.1 Å². The number of carbonyl (C=O) groups excluding carboxylic acids is 1. The normalized spacial score (nSPS) is 14.4. The number of rotatable bonds is 11. The van der Waals surface area contributed by atoms with Gasteiger partial charge >= 0.3 is 0 Å². The van der Waals surface area contributed by atoms with E-state index in [0.29, 0.717) is 25.3 Å². The third kappa shape index (κ3) is 8.21. The maximum atomic E-state index is 13.4. The van der Waals surface area contributed by atoms with Crippen molar-refractivity contribution in [2.75, 3.05) is 39.4 Å². The van der Waals surface area contributed by atoms with Gasteiger partial charge in [0.1, 0.15) is 16.5 Å². The summed E-state index contributed by atoms with van der Waals surface area (Å²) in [4.78, 5) is 21.8. The van der Waals surface area contributed by atoms with E-state index < -0.39 is 0 Å². The van der Waals surface area contributed by atoms with E-state index in [4.69, 9.17) is 4.74 Å². The zero-order valence-corrected chi connectivity index (χ0v) is 21.0. The lowest BCUT2D eigenvalue weighted by molar-refractivity contribution is 0.0374. The summed E-state index contributed by atoms with van der Waals surface area (Å²) in [7, 11) is 0. The SMILES string of the molecule is Cc1ccc(CN(Cc2ccc(F)cc2)Cc2nc(C(=O)NCCCN3CCOCC3)cs2)cc1. The number of halogens is 1. The highest BCUT2D eigenvalue weighted by Gasteiger charge is 2.15. The van der Waals surface area contributed by atoms with Gasteiger partial charge in [-0.15, -0.1) is 11.3 Å². The number of thiazole rings is 1. The number of hydrogen-bond donors (Lipinski definition) is 1. The Balaban J connectivity index is 1.33. The van der Waals surface area contributed by atoms with Crippen LogP contribution in [0, 0.1) is 12.7 Å². The van der Waals surface area contributed by atoms with Gasteiger partial charge in [-0.2, -0.15) is 0 Å². The summed E-state index contributed by atoms with van der Waals surface area (Å²) in [5.74, 6) is -0.363. The molecule has 1 aromatic heterocycles. The van der Waals surface area contributed by atoms with Crippen LogP contribution in [-0.2, 0) is 24.4 Å². The van der Waals surface area contributed by atoms with Gasteiger partial charge in [0.25, 0.3) is 5.91 Å². The zero-order chi connectivity index (χ0) is 24.5. The topological polar surface area (TPSA) is 57.7 Å². The molecule has 3 aromatic rings. The monoisotopic (exact) mass is 496 g/mol. The van der Waals surface area contributed by atoms with Crippen LogP contribution >= 0.6 is 11.3 Å². The number of ether oxygens (including phenoxy) is 1. The molecule has 1 amide bonds. The van der Waals surface area contributed by atoms with E-state index in [1.165, 1.54) is 34.6 Å². The Morgan fingerprint density at radius 2 is 1.71 bits per heavy atom. The summed E-state index contributed by atoms with van der Waals surface area (Å²) in [6.07, 6.45) is 0.907. The van der Waals surface area contributed by atoms with Crippen LogP contribution in [0.25, 0.3) is 0 Å². The van der Waals surface area contributed by atoms with Crippen molar-refractivity contribution in [3.05, 3.63) is 87.1 Å². The first-order valence-corrected chi connectivity index (χ1v) is 13.0. The molecule has 1 fully saturated rings. The average Bonchev–Trinajstić information content (AvgIpc) is 3.34. The quantitative estimate of drug-likeness (QED) is 0.403. The van der Waals surface area contributed by atoms with Gasteiger partial charge < -0.3 is 10.1 Å². The minimum Gasteiger partial charge on any atom is -0.379 e. The fourth-order valence-electron chi connectivity index (χ4n) is 4.07. The molecule has 2 heterocycles. The molecule has 1 N–H and O–H groups in total. The van der Waals surface area contributed by atoms with Crippen molar-refractivity contribution in [3.8, 4) is 0 Å². The summed E-state index contributed by atoms with van der Waals surface area (Å²) < 4.78 is 18.7. The molecule has 0 saturated carbocycles. The minimum absolute atomic E-state index is 0.127. The van der Waals surface area contributed by atoms with Gasteiger partial charge in [0.15, 0.2) is 0 Å². The maximum absolute atomic E-state index is 13.4. The Bertz CT molecular complexity index is 1020. The van der Waals surface area contributed by atoms with Crippen LogP contribution in [0.15, 0.2) is 53.9 Å². The summed E-state index contributed by atoms with van der Waals surface area (Å²) in [5, 5.41) is 5.71. The van der Waals surface area contributed by atoms with E-state index in [-0.39, 0.29) is 11.7 Å². The lowest BCUT2D eigenvalue weighted by Gasteiger charge is -2.26. The Kier molecular flexibility index (Phi) is 9.36. The third-order valence-electron chi connectivity index (χ3n) is 6.03. The lowest BCUT2D eigenvalue weighted by atomic mass is 10.1. The number of aryl methyl sites for hydroxylation is 1. The van der Waals surface area contributed by atoms with Crippen molar-refractivity contribution in [2.45, 2.75) is 33.0 Å². The zero-order valence-electron chi connectivity index (χ0n) is 20.2. The maximum Gasteiger partial charge on any atom is 0.270 e. The Hall–Kier alpha value is -2.65. The molecular formula is C27H33FN4O2S. The van der Waals surface area contributed by atoms with Crippen LogP contribution in [0.1, 0.15) is 38.6 Å². The first kappa shape index (κ1) is 25.4. The second kappa shape index (κ2) is 12.9. The Labute approximate surface area is 210 Å². The van der Waals surface area contributed by atoms with E-state index in [1.54, 1.807) is 0 Å². The first-order chi connectivity index (χ1) is 17.0. The molecule has 0 radical (unpaired) electrons. The van der Waals surface area contributed by atoms with Gasteiger partial charge in [-0.1, -0.05) is 42.0 Å². The molecule has 0 aliphatic carbocycles. The average molecular weight is 497 g/mol. The van der Waals surface area contributed by atoms with Crippen molar-refractivity contribution in [3.63, 3.8) is 0 Å². The van der Waals surface area contributed by atoms with Gasteiger partial charge in [0.05, 0.1) is 19.8 Å². The number of amides is 1. The van der Waals surface area contributed by atoms with E-state index in [0.717, 1.165) is 56.4 Å². The molecule has 1 aliphatic rings. The molecule has 0 unspecified atom stereocenters. The van der Waals surface area contributed by atoms with Crippen LogP contribution in [0.3, 0.4) is 0 Å². The third-order valence-corrected chi connectivity index (χ3v) is 6.86. The van der Waals surface area contributed by atoms with Crippen LogP contribution in [0.4, 0.5) is 4.39 Å². The lowest BCUT2D eigenvalue weighted by Crippen LogP contribution is -2.38. The summed E-state index contributed by atoms with van der Waals surface area (Å²) in [6, 6.07) is 15.1. The molecule has 4 rings (SSSR count). The molecule has 1 saturated heterocycles. The molecule has 0 bridgehead atoms. The highest BCUT2D eigenvalue weighted by molar-refractivity contribution is 7.09. The molecule has 6 nitrogen and oxygen atoms in total. The smallest absolute Gasteiger partial charge is 0.270 e. The number of nitrogens with zero attached hydrogens (tertiary/aromatic N) is 3.